The lowest BCUT2D eigenvalue weighted by Crippen LogP contribution is -2.34. The molecule has 0 bridgehead atoms. The summed E-state index contributed by atoms with van der Waals surface area (Å²) in [7, 11) is 0. The predicted molar refractivity (Wildman–Crippen MR) is 116 cm³/mol. The van der Waals surface area contributed by atoms with Gasteiger partial charge in [0.05, 0.1) is 17.1 Å². The number of nitrogens with one attached hydrogen (secondary N) is 2. The van der Waals surface area contributed by atoms with Crippen LogP contribution >= 0.6 is 11.8 Å². The topological polar surface area (TPSA) is 61.0 Å². The Morgan fingerprint density at radius 2 is 1.93 bits per heavy atom. The zero-order valence-electron chi connectivity index (χ0n) is 16.5. The molecule has 2 amide bonds. The number of amides is 2. The first kappa shape index (κ1) is 18.9. The monoisotopic (exact) mass is 394 g/mol. The van der Waals surface area contributed by atoms with E-state index in [1.807, 2.05) is 53.1 Å². The van der Waals surface area contributed by atoms with Crippen LogP contribution in [0.3, 0.4) is 0 Å². The van der Waals surface area contributed by atoms with Crippen LogP contribution < -0.4 is 5.32 Å². The summed E-state index contributed by atoms with van der Waals surface area (Å²) in [6, 6.07) is 16.0. The van der Waals surface area contributed by atoms with E-state index in [2.05, 4.69) is 43.2 Å². The molecule has 0 radical (unpaired) electrons. The zero-order chi connectivity index (χ0) is 19.7. The lowest BCUT2D eigenvalue weighted by molar-refractivity contribution is 0.205. The first-order valence-corrected chi connectivity index (χ1v) is 10.5. The molecule has 4 rings (SSSR count). The molecular weight excluding hydrogens is 368 g/mol. The highest BCUT2D eigenvalue weighted by Gasteiger charge is 2.32. The molecule has 28 heavy (non-hydrogen) atoms. The fourth-order valence-electron chi connectivity index (χ4n) is 3.58. The van der Waals surface area contributed by atoms with Gasteiger partial charge in [-0.25, -0.2) is 9.78 Å². The number of imidazole rings is 1. The van der Waals surface area contributed by atoms with Crippen LogP contribution in [0.5, 0.6) is 0 Å². The number of urea groups is 1. The number of carbonyl (C=O) groups is 1. The lowest BCUT2D eigenvalue weighted by atomic mass is 10.2. The fraction of sp³-hybridized carbons (Fsp3) is 0.364. The van der Waals surface area contributed by atoms with Crippen molar-refractivity contribution in [2.45, 2.75) is 49.3 Å². The Labute approximate surface area is 169 Å². The molecule has 2 aromatic carbocycles. The second-order valence-electron chi connectivity index (χ2n) is 8.16. The van der Waals surface area contributed by atoms with E-state index in [4.69, 9.17) is 4.98 Å². The minimum Gasteiger partial charge on any atom is -0.340 e. The van der Waals surface area contributed by atoms with Gasteiger partial charge in [0.15, 0.2) is 0 Å². The molecule has 0 spiro atoms. The molecule has 1 aliphatic heterocycles. The minimum absolute atomic E-state index is 0.0110. The van der Waals surface area contributed by atoms with E-state index >= 15 is 0 Å². The van der Waals surface area contributed by atoms with Crippen LogP contribution in [0.25, 0.3) is 11.0 Å². The number of para-hydroxylation sites is 2. The van der Waals surface area contributed by atoms with Crippen molar-refractivity contribution in [1.29, 1.82) is 0 Å². The van der Waals surface area contributed by atoms with Gasteiger partial charge in [0, 0.05) is 21.9 Å². The standard InChI is InChI=1S/C22H26N4OS/c1-22(2,3)28-16-12-10-15(11-13-16)23-21(27)26-14-6-9-19(26)20-24-17-7-4-5-8-18(17)25-20/h4-5,7-8,10-13,19H,6,9,14H2,1-3H3,(H,23,27)(H,24,25). The quantitative estimate of drug-likeness (QED) is 0.550. The Balaban J connectivity index is 1.46. The second-order valence-corrected chi connectivity index (χ2v) is 10.1. The van der Waals surface area contributed by atoms with Crippen LogP contribution in [0.1, 0.15) is 45.5 Å². The van der Waals surface area contributed by atoms with Crippen molar-refractivity contribution >= 4 is 34.5 Å². The number of fused-ring (bicyclic) bond motifs is 1. The number of thioether (sulfide) groups is 1. The Morgan fingerprint density at radius 1 is 1.18 bits per heavy atom. The highest BCUT2D eigenvalue weighted by Crippen LogP contribution is 2.34. The van der Waals surface area contributed by atoms with Crippen molar-refractivity contribution in [3.8, 4) is 0 Å². The van der Waals surface area contributed by atoms with Crippen LogP contribution in [0.4, 0.5) is 10.5 Å². The number of anilines is 1. The second kappa shape index (κ2) is 7.51. The number of aromatic nitrogens is 2. The molecule has 1 atom stereocenters. The maximum absolute atomic E-state index is 12.9. The molecule has 3 aromatic rings. The van der Waals surface area contributed by atoms with Crippen LogP contribution in [0.2, 0.25) is 0 Å². The largest absolute Gasteiger partial charge is 0.340 e. The Hall–Kier alpha value is -2.47. The fourth-order valence-corrected chi connectivity index (χ4v) is 4.56. The summed E-state index contributed by atoms with van der Waals surface area (Å²) in [5, 5.41) is 3.04. The minimum atomic E-state index is -0.0702. The van der Waals surface area contributed by atoms with Gasteiger partial charge in [-0.1, -0.05) is 32.9 Å². The number of carbonyl (C=O) groups excluding carboxylic acids is 1. The third-order valence-electron chi connectivity index (χ3n) is 4.77. The van der Waals surface area contributed by atoms with Gasteiger partial charge in [0.25, 0.3) is 0 Å². The summed E-state index contributed by atoms with van der Waals surface area (Å²) < 4.78 is 0.167. The van der Waals surface area contributed by atoms with Crippen LogP contribution in [-0.2, 0) is 0 Å². The van der Waals surface area contributed by atoms with Gasteiger partial charge in [-0.3, -0.25) is 0 Å². The van der Waals surface area contributed by atoms with E-state index < -0.39 is 0 Å². The number of nitrogens with zero attached hydrogens (tertiary/aromatic N) is 2. The number of hydrogen-bond donors (Lipinski definition) is 2. The average Bonchev–Trinajstić information content (AvgIpc) is 3.28. The van der Waals surface area contributed by atoms with Gasteiger partial charge >= 0.3 is 6.03 Å². The molecule has 146 valence electrons. The third kappa shape index (κ3) is 4.17. The number of rotatable bonds is 3. The van der Waals surface area contributed by atoms with Crippen molar-refractivity contribution in [1.82, 2.24) is 14.9 Å². The Kier molecular flexibility index (Phi) is 5.06. The summed E-state index contributed by atoms with van der Waals surface area (Å²) >= 11 is 1.82. The molecule has 2 heterocycles. The number of aromatic amines is 1. The van der Waals surface area contributed by atoms with Gasteiger partial charge in [0.1, 0.15) is 5.82 Å². The van der Waals surface area contributed by atoms with Crippen molar-refractivity contribution in [2.24, 2.45) is 0 Å². The van der Waals surface area contributed by atoms with Crippen LogP contribution in [-0.4, -0.2) is 32.2 Å². The summed E-state index contributed by atoms with van der Waals surface area (Å²) in [5.74, 6) is 0.866. The SMILES string of the molecule is CC(C)(C)Sc1ccc(NC(=O)N2CCCC2c2nc3ccccc3[nH]2)cc1. The number of likely N-dealkylation sites (tertiary alicyclic amines) is 1. The highest BCUT2D eigenvalue weighted by molar-refractivity contribution is 8.00. The number of H-pyrrole nitrogens is 1. The van der Waals surface area contributed by atoms with E-state index in [0.29, 0.717) is 0 Å². The Bertz CT molecular complexity index is 941. The number of benzene rings is 2. The molecule has 1 fully saturated rings. The normalized spacial score (nSPS) is 17.2. The smallest absolute Gasteiger partial charge is 0.322 e. The van der Waals surface area contributed by atoms with E-state index in [0.717, 1.165) is 41.9 Å². The average molecular weight is 395 g/mol. The Morgan fingerprint density at radius 3 is 2.64 bits per heavy atom. The van der Waals surface area contributed by atoms with Crippen LogP contribution in [0, 0.1) is 0 Å². The van der Waals surface area contributed by atoms with E-state index in [1.165, 1.54) is 4.90 Å². The van der Waals surface area contributed by atoms with Crippen molar-refractivity contribution in [2.75, 3.05) is 11.9 Å². The summed E-state index contributed by atoms with van der Waals surface area (Å²) in [6.07, 6.45) is 1.91. The molecule has 5 nitrogen and oxygen atoms in total. The molecule has 1 aromatic heterocycles. The molecular formula is C22H26N4OS. The molecule has 1 aliphatic rings. The van der Waals surface area contributed by atoms with Crippen molar-refractivity contribution in [3.63, 3.8) is 0 Å². The van der Waals surface area contributed by atoms with Crippen molar-refractivity contribution < 1.29 is 4.79 Å². The molecule has 2 N–H and O–H groups in total. The molecule has 1 unspecified atom stereocenters. The molecule has 6 heteroatoms. The van der Waals surface area contributed by atoms with E-state index in [-0.39, 0.29) is 16.8 Å². The van der Waals surface area contributed by atoms with Crippen LogP contribution in [0.15, 0.2) is 53.4 Å². The summed E-state index contributed by atoms with van der Waals surface area (Å²) in [4.78, 5) is 24.1. The van der Waals surface area contributed by atoms with E-state index in [1.54, 1.807) is 0 Å². The lowest BCUT2D eigenvalue weighted by Gasteiger charge is -2.23. The van der Waals surface area contributed by atoms with Gasteiger partial charge in [-0.05, 0) is 49.2 Å². The molecule has 1 saturated heterocycles. The molecule has 0 aliphatic carbocycles. The van der Waals surface area contributed by atoms with E-state index in [9.17, 15) is 4.79 Å². The number of hydrogen-bond acceptors (Lipinski definition) is 3. The maximum Gasteiger partial charge on any atom is 0.322 e. The van der Waals surface area contributed by atoms with Gasteiger partial charge in [0.2, 0.25) is 0 Å². The summed E-state index contributed by atoms with van der Waals surface area (Å²) in [5.41, 5.74) is 2.77. The summed E-state index contributed by atoms with van der Waals surface area (Å²) in [6.45, 7) is 7.32. The maximum atomic E-state index is 12.9. The first-order valence-electron chi connectivity index (χ1n) is 9.70. The van der Waals surface area contributed by atoms with Gasteiger partial charge in [-0.15, -0.1) is 11.8 Å². The first-order chi connectivity index (χ1) is 13.4. The van der Waals surface area contributed by atoms with Crippen molar-refractivity contribution in [3.05, 3.63) is 54.4 Å². The zero-order valence-corrected chi connectivity index (χ0v) is 17.3. The predicted octanol–water partition coefficient (Wildman–Crippen LogP) is 5.82. The highest BCUT2D eigenvalue weighted by atomic mass is 32.2. The van der Waals surface area contributed by atoms with Gasteiger partial charge in [-0.2, -0.15) is 0 Å². The molecule has 0 saturated carbocycles. The third-order valence-corrected chi connectivity index (χ3v) is 5.89. The van der Waals surface area contributed by atoms with Gasteiger partial charge < -0.3 is 15.2 Å².